The fourth-order valence-corrected chi connectivity index (χ4v) is 6.28. The molecule has 3 unspecified atom stereocenters. The molecule has 24 heavy (non-hydrogen) atoms. The van der Waals surface area contributed by atoms with Crippen molar-refractivity contribution in [1.82, 2.24) is 4.31 Å². The van der Waals surface area contributed by atoms with Gasteiger partial charge in [-0.25, -0.2) is 16.8 Å². The summed E-state index contributed by atoms with van der Waals surface area (Å²) >= 11 is 0. The predicted octanol–water partition coefficient (Wildman–Crippen LogP) is 1.11. The molecule has 9 heteroatoms. The first-order chi connectivity index (χ1) is 11.1. The lowest BCUT2D eigenvalue weighted by atomic mass is 10.0. The quantitative estimate of drug-likeness (QED) is 0.847. The fraction of sp³-hybridized carbons (Fsp3) is 0.533. The molecule has 132 valence electrons. The average molecular weight is 373 g/mol. The third-order valence-electron chi connectivity index (χ3n) is 4.89. The molecule has 0 aromatic heterocycles. The van der Waals surface area contributed by atoms with Gasteiger partial charge in [0.25, 0.3) is 0 Å². The topological polar surface area (TPSA) is 109 Å². The number of aliphatic carboxylic acids is 1. The molecule has 0 amide bonds. The van der Waals surface area contributed by atoms with Crippen LogP contribution in [0.1, 0.15) is 25.7 Å². The standard InChI is InChI=1S/C15H19NO6S2/c1-23(19,20)11-5-7-12(8-6-11)24(21,22)16-13-4-2-3-10(13)9-14(16)15(17)18/h5-8,10,13-14H,2-4,9H2,1H3,(H,17,18). The Morgan fingerprint density at radius 2 is 1.67 bits per heavy atom. The molecule has 0 bridgehead atoms. The van der Waals surface area contributed by atoms with Gasteiger partial charge in [-0.3, -0.25) is 4.79 Å². The van der Waals surface area contributed by atoms with Crippen LogP contribution < -0.4 is 0 Å². The Morgan fingerprint density at radius 1 is 1.08 bits per heavy atom. The van der Waals surface area contributed by atoms with Gasteiger partial charge in [-0.05, 0) is 49.4 Å². The predicted molar refractivity (Wildman–Crippen MR) is 85.7 cm³/mol. The highest BCUT2D eigenvalue weighted by Crippen LogP contribution is 2.44. The summed E-state index contributed by atoms with van der Waals surface area (Å²) in [6, 6.07) is 3.59. The van der Waals surface area contributed by atoms with Crippen LogP contribution in [0.2, 0.25) is 0 Å². The minimum Gasteiger partial charge on any atom is -0.480 e. The number of carboxylic acids is 1. The second kappa shape index (κ2) is 5.82. The van der Waals surface area contributed by atoms with E-state index in [4.69, 9.17) is 0 Å². The lowest BCUT2D eigenvalue weighted by Crippen LogP contribution is -2.44. The molecular formula is C15H19NO6S2. The maximum Gasteiger partial charge on any atom is 0.322 e. The zero-order chi connectivity index (χ0) is 17.7. The smallest absolute Gasteiger partial charge is 0.322 e. The summed E-state index contributed by atoms with van der Waals surface area (Å²) in [4.78, 5) is 11.5. The van der Waals surface area contributed by atoms with Gasteiger partial charge in [-0.1, -0.05) is 6.42 Å². The average Bonchev–Trinajstić information content (AvgIpc) is 3.06. The minimum absolute atomic E-state index is 0.0244. The van der Waals surface area contributed by atoms with Gasteiger partial charge in [0, 0.05) is 12.3 Å². The van der Waals surface area contributed by atoms with E-state index in [-0.39, 0.29) is 21.8 Å². The summed E-state index contributed by atoms with van der Waals surface area (Å²) in [5.41, 5.74) is 0. The SMILES string of the molecule is CS(=O)(=O)c1ccc(S(=O)(=O)N2C(C(=O)O)CC3CCCC32)cc1. The van der Waals surface area contributed by atoms with Crippen molar-refractivity contribution < 1.29 is 26.7 Å². The van der Waals surface area contributed by atoms with Gasteiger partial charge in [0.05, 0.1) is 9.79 Å². The zero-order valence-electron chi connectivity index (χ0n) is 13.1. The first-order valence-corrected chi connectivity index (χ1v) is 11.0. The first kappa shape index (κ1) is 17.4. The van der Waals surface area contributed by atoms with E-state index in [0.29, 0.717) is 12.8 Å². The number of fused-ring (bicyclic) bond motifs is 1. The van der Waals surface area contributed by atoms with Gasteiger partial charge < -0.3 is 5.11 Å². The molecule has 1 aromatic rings. The van der Waals surface area contributed by atoms with Crippen molar-refractivity contribution in [1.29, 1.82) is 0 Å². The Balaban J connectivity index is 2.01. The number of sulfone groups is 1. The Kier molecular flexibility index (Phi) is 4.21. The van der Waals surface area contributed by atoms with E-state index < -0.39 is 31.9 Å². The molecule has 3 atom stereocenters. The van der Waals surface area contributed by atoms with Crippen LogP contribution in [0.3, 0.4) is 0 Å². The highest BCUT2D eigenvalue weighted by molar-refractivity contribution is 7.90. The summed E-state index contributed by atoms with van der Waals surface area (Å²) in [7, 11) is -7.42. The summed E-state index contributed by atoms with van der Waals surface area (Å²) in [6.45, 7) is 0. The molecule has 1 heterocycles. The number of rotatable bonds is 4. The molecule has 1 aliphatic heterocycles. The molecule has 0 radical (unpaired) electrons. The Hall–Kier alpha value is -1.45. The summed E-state index contributed by atoms with van der Waals surface area (Å²) in [5, 5.41) is 9.41. The number of hydrogen-bond donors (Lipinski definition) is 1. The van der Waals surface area contributed by atoms with Crippen molar-refractivity contribution in [3.05, 3.63) is 24.3 Å². The molecule has 0 spiro atoms. The van der Waals surface area contributed by atoms with Crippen LogP contribution in [-0.4, -0.2) is 50.6 Å². The van der Waals surface area contributed by atoms with Crippen LogP contribution in [0.25, 0.3) is 0 Å². The van der Waals surface area contributed by atoms with Crippen molar-refractivity contribution in [2.24, 2.45) is 5.92 Å². The number of nitrogens with zero attached hydrogens (tertiary/aromatic N) is 1. The number of benzene rings is 1. The third-order valence-corrected chi connectivity index (χ3v) is 7.97. The zero-order valence-corrected chi connectivity index (χ0v) is 14.8. The highest BCUT2D eigenvalue weighted by atomic mass is 32.2. The van der Waals surface area contributed by atoms with Gasteiger partial charge >= 0.3 is 5.97 Å². The lowest BCUT2D eigenvalue weighted by Gasteiger charge is -2.26. The van der Waals surface area contributed by atoms with Crippen molar-refractivity contribution >= 4 is 25.8 Å². The molecule has 2 fully saturated rings. The second-order valence-corrected chi connectivity index (χ2v) is 10.3. The molecule has 2 aliphatic rings. The van der Waals surface area contributed by atoms with Gasteiger partial charge in [0.2, 0.25) is 10.0 Å². The molecular weight excluding hydrogens is 354 g/mol. The Labute approximate surface area is 141 Å². The maximum absolute atomic E-state index is 13.0. The molecule has 1 aliphatic carbocycles. The monoisotopic (exact) mass is 373 g/mol. The van der Waals surface area contributed by atoms with Crippen LogP contribution >= 0.6 is 0 Å². The van der Waals surface area contributed by atoms with Crippen molar-refractivity contribution in [2.45, 2.75) is 47.6 Å². The van der Waals surface area contributed by atoms with Gasteiger partial charge in [0.1, 0.15) is 6.04 Å². The molecule has 1 saturated carbocycles. The van der Waals surface area contributed by atoms with Gasteiger partial charge in [0.15, 0.2) is 9.84 Å². The van der Waals surface area contributed by atoms with Crippen molar-refractivity contribution in [3.8, 4) is 0 Å². The van der Waals surface area contributed by atoms with E-state index in [1.165, 1.54) is 24.3 Å². The van der Waals surface area contributed by atoms with Crippen molar-refractivity contribution in [2.75, 3.05) is 6.26 Å². The van der Waals surface area contributed by atoms with Crippen LogP contribution in [0, 0.1) is 5.92 Å². The Morgan fingerprint density at radius 3 is 2.21 bits per heavy atom. The summed E-state index contributed by atoms with van der Waals surface area (Å²) < 4.78 is 50.1. The second-order valence-electron chi connectivity index (χ2n) is 6.43. The fourth-order valence-electron chi connectivity index (χ4n) is 3.78. The Bertz CT molecular complexity index is 860. The van der Waals surface area contributed by atoms with Crippen molar-refractivity contribution in [3.63, 3.8) is 0 Å². The van der Waals surface area contributed by atoms with E-state index in [9.17, 15) is 26.7 Å². The van der Waals surface area contributed by atoms with Crippen LogP contribution in [0.5, 0.6) is 0 Å². The molecule has 3 rings (SSSR count). The van der Waals surface area contributed by atoms with E-state index >= 15 is 0 Å². The molecule has 1 N–H and O–H groups in total. The first-order valence-electron chi connectivity index (χ1n) is 7.69. The van der Waals surface area contributed by atoms with E-state index in [1.54, 1.807) is 0 Å². The van der Waals surface area contributed by atoms with E-state index in [2.05, 4.69) is 0 Å². The van der Waals surface area contributed by atoms with Crippen LogP contribution in [-0.2, 0) is 24.7 Å². The minimum atomic E-state index is -3.99. The maximum atomic E-state index is 13.0. The molecule has 1 saturated heterocycles. The van der Waals surface area contributed by atoms with E-state index in [0.717, 1.165) is 23.4 Å². The van der Waals surface area contributed by atoms with Gasteiger partial charge in [-0.15, -0.1) is 0 Å². The van der Waals surface area contributed by atoms with Crippen LogP contribution in [0.15, 0.2) is 34.1 Å². The lowest BCUT2D eigenvalue weighted by molar-refractivity contribution is -0.141. The normalized spacial score (nSPS) is 28.0. The molecule has 1 aromatic carbocycles. The molecule has 7 nitrogen and oxygen atoms in total. The third kappa shape index (κ3) is 2.84. The largest absolute Gasteiger partial charge is 0.480 e. The highest BCUT2D eigenvalue weighted by Gasteiger charge is 2.52. The summed E-state index contributed by atoms with van der Waals surface area (Å²) in [5.74, 6) is -1.06. The number of carbonyl (C=O) groups is 1. The number of carboxylic acid groups (broad SMARTS) is 1. The number of hydrogen-bond acceptors (Lipinski definition) is 5. The van der Waals surface area contributed by atoms with E-state index in [1.807, 2.05) is 0 Å². The van der Waals surface area contributed by atoms with Crippen LogP contribution in [0.4, 0.5) is 0 Å². The summed E-state index contributed by atoms with van der Waals surface area (Å²) in [6.07, 6.45) is 3.77. The number of sulfonamides is 1. The van der Waals surface area contributed by atoms with Gasteiger partial charge in [-0.2, -0.15) is 4.31 Å².